The van der Waals surface area contributed by atoms with Gasteiger partial charge in [-0.15, -0.1) is 0 Å². The molecule has 1 heterocycles. The standard InChI is InChI=1S/C20H27N3O2S/c24-26(25,15-14-17-8-4-3-5-9-17)23-19-12-13-20(21-16-19)22-18-10-6-1-2-7-11-18/h3-5,8-9,12-13,16,18,23H,1-2,6-7,10-11,14-15H2,(H,21,22). The maximum atomic E-state index is 12.3. The van der Waals surface area contributed by atoms with Gasteiger partial charge in [0.1, 0.15) is 5.82 Å². The number of benzene rings is 1. The van der Waals surface area contributed by atoms with Crippen LogP contribution in [-0.4, -0.2) is 25.2 Å². The van der Waals surface area contributed by atoms with Crippen LogP contribution >= 0.6 is 0 Å². The van der Waals surface area contributed by atoms with Gasteiger partial charge in [0.05, 0.1) is 17.6 Å². The molecule has 0 amide bonds. The molecule has 140 valence electrons. The molecule has 2 N–H and O–H groups in total. The summed E-state index contributed by atoms with van der Waals surface area (Å²) in [6, 6.07) is 13.7. The molecule has 1 aliphatic rings. The lowest BCUT2D eigenvalue weighted by atomic mass is 10.1. The molecule has 5 nitrogen and oxygen atoms in total. The average Bonchev–Trinajstić information content (AvgIpc) is 2.91. The number of rotatable bonds is 7. The van der Waals surface area contributed by atoms with E-state index in [2.05, 4.69) is 15.0 Å². The molecule has 0 atom stereocenters. The summed E-state index contributed by atoms with van der Waals surface area (Å²) in [5.41, 5.74) is 1.52. The predicted molar refractivity (Wildman–Crippen MR) is 107 cm³/mol. The Morgan fingerprint density at radius 1 is 0.962 bits per heavy atom. The summed E-state index contributed by atoms with van der Waals surface area (Å²) >= 11 is 0. The average molecular weight is 374 g/mol. The van der Waals surface area contributed by atoms with E-state index in [1.165, 1.54) is 38.5 Å². The van der Waals surface area contributed by atoms with Crippen LogP contribution in [0.3, 0.4) is 0 Å². The summed E-state index contributed by atoms with van der Waals surface area (Å²) in [4.78, 5) is 4.37. The Hall–Kier alpha value is -2.08. The second-order valence-electron chi connectivity index (χ2n) is 6.92. The van der Waals surface area contributed by atoms with Crippen LogP contribution < -0.4 is 10.0 Å². The quantitative estimate of drug-likeness (QED) is 0.714. The first-order valence-electron chi connectivity index (χ1n) is 9.38. The maximum absolute atomic E-state index is 12.3. The minimum Gasteiger partial charge on any atom is -0.367 e. The number of aromatic nitrogens is 1. The Labute approximate surface area is 156 Å². The van der Waals surface area contributed by atoms with Gasteiger partial charge in [-0.3, -0.25) is 4.72 Å². The summed E-state index contributed by atoms with van der Waals surface area (Å²) < 4.78 is 27.1. The van der Waals surface area contributed by atoms with E-state index < -0.39 is 10.0 Å². The third kappa shape index (κ3) is 6.02. The summed E-state index contributed by atoms with van der Waals surface area (Å²) in [7, 11) is -3.39. The first kappa shape index (κ1) is 18.7. The van der Waals surface area contributed by atoms with E-state index in [-0.39, 0.29) is 5.75 Å². The molecule has 0 spiro atoms. The molecule has 1 saturated carbocycles. The van der Waals surface area contributed by atoms with E-state index in [0.29, 0.717) is 18.2 Å². The van der Waals surface area contributed by atoms with Gasteiger partial charge in [0, 0.05) is 6.04 Å². The van der Waals surface area contributed by atoms with Gasteiger partial charge in [-0.25, -0.2) is 13.4 Å². The largest absolute Gasteiger partial charge is 0.367 e. The highest BCUT2D eigenvalue weighted by Crippen LogP contribution is 2.21. The Balaban J connectivity index is 1.52. The third-order valence-corrected chi connectivity index (χ3v) is 6.03. The molecular formula is C20H27N3O2S. The van der Waals surface area contributed by atoms with Crippen LogP contribution in [0, 0.1) is 0 Å². The SMILES string of the molecule is O=S(=O)(CCc1ccccc1)Nc1ccc(NC2CCCCCC2)nc1. The fourth-order valence-electron chi connectivity index (χ4n) is 3.30. The lowest BCUT2D eigenvalue weighted by Gasteiger charge is -2.17. The first-order valence-corrected chi connectivity index (χ1v) is 11.0. The van der Waals surface area contributed by atoms with Gasteiger partial charge in [0.2, 0.25) is 10.0 Å². The Morgan fingerprint density at radius 3 is 2.35 bits per heavy atom. The monoisotopic (exact) mass is 373 g/mol. The van der Waals surface area contributed by atoms with E-state index in [1.807, 2.05) is 36.4 Å². The van der Waals surface area contributed by atoms with Crippen LogP contribution in [-0.2, 0) is 16.4 Å². The number of pyridine rings is 1. The van der Waals surface area contributed by atoms with E-state index in [0.717, 1.165) is 11.4 Å². The molecule has 1 aliphatic carbocycles. The first-order chi connectivity index (χ1) is 12.6. The van der Waals surface area contributed by atoms with Gasteiger partial charge >= 0.3 is 0 Å². The molecule has 0 saturated heterocycles. The topological polar surface area (TPSA) is 71.1 Å². The van der Waals surface area contributed by atoms with Gasteiger partial charge in [-0.05, 0) is 37.0 Å². The molecule has 0 radical (unpaired) electrons. The number of nitrogens with one attached hydrogen (secondary N) is 2. The highest BCUT2D eigenvalue weighted by atomic mass is 32.2. The van der Waals surface area contributed by atoms with Crippen molar-refractivity contribution in [3.63, 3.8) is 0 Å². The minimum absolute atomic E-state index is 0.0547. The highest BCUT2D eigenvalue weighted by Gasteiger charge is 2.13. The lowest BCUT2D eigenvalue weighted by Crippen LogP contribution is -2.20. The van der Waals surface area contributed by atoms with Crippen molar-refractivity contribution in [2.45, 2.75) is 51.0 Å². The molecule has 0 aliphatic heterocycles. The molecule has 1 aromatic heterocycles. The smallest absolute Gasteiger partial charge is 0.233 e. The van der Waals surface area contributed by atoms with E-state index in [4.69, 9.17) is 0 Å². The van der Waals surface area contributed by atoms with E-state index in [1.54, 1.807) is 12.3 Å². The molecule has 26 heavy (non-hydrogen) atoms. The summed E-state index contributed by atoms with van der Waals surface area (Å²) in [6.07, 6.45) is 9.58. The molecule has 0 unspecified atom stereocenters. The van der Waals surface area contributed by atoms with Crippen LogP contribution in [0.1, 0.15) is 44.1 Å². The third-order valence-electron chi connectivity index (χ3n) is 4.75. The minimum atomic E-state index is -3.39. The van der Waals surface area contributed by atoms with Crippen molar-refractivity contribution in [3.8, 4) is 0 Å². The Kier molecular flexibility index (Phi) is 6.50. The normalized spacial score (nSPS) is 16.0. The van der Waals surface area contributed by atoms with E-state index >= 15 is 0 Å². The van der Waals surface area contributed by atoms with Crippen molar-refractivity contribution in [1.82, 2.24) is 4.98 Å². The zero-order valence-electron chi connectivity index (χ0n) is 15.0. The zero-order valence-corrected chi connectivity index (χ0v) is 15.8. The molecule has 1 fully saturated rings. The molecule has 0 bridgehead atoms. The number of aryl methyl sites for hydroxylation is 1. The number of nitrogens with zero attached hydrogens (tertiary/aromatic N) is 1. The van der Waals surface area contributed by atoms with Crippen LogP contribution in [0.25, 0.3) is 0 Å². The lowest BCUT2D eigenvalue weighted by molar-refractivity contribution is 0.600. The van der Waals surface area contributed by atoms with Crippen molar-refractivity contribution in [2.75, 3.05) is 15.8 Å². The van der Waals surface area contributed by atoms with Crippen LogP contribution in [0.4, 0.5) is 11.5 Å². The van der Waals surface area contributed by atoms with E-state index in [9.17, 15) is 8.42 Å². The predicted octanol–water partition coefficient (Wildman–Crippen LogP) is 4.20. The van der Waals surface area contributed by atoms with Gasteiger partial charge in [0.25, 0.3) is 0 Å². The second-order valence-corrected chi connectivity index (χ2v) is 8.76. The Bertz CT molecular complexity index is 768. The van der Waals surface area contributed by atoms with Crippen molar-refractivity contribution in [1.29, 1.82) is 0 Å². The van der Waals surface area contributed by atoms with Crippen molar-refractivity contribution in [2.24, 2.45) is 0 Å². The molecule has 6 heteroatoms. The highest BCUT2D eigenvalue weighted by molar-refractivity contribution is 7.92. The van der Waals surface area contributed by atoms with Gasteiger partial charge < -0.3 is 5.32 Å². The number of hydrogen-bond donors (Lipinski definition) is 2. The second kappa shape index (κ2) is 9.03. The van der Waals surface area contributed by atoms with Crippen LogP contribution in [0.5, 0.6) is 0 Å². The van der Waals surface area contributed by atoms with Crippen molar-refractivity contribution < 1.29 is 8.42 Å². The van der Waals surface area contributed by atoms with Crippen LogP contribution in [0.2, 0.25) is 0 Å². The van der Waals surface area contributed by atoms with Gasteiger partial charge in [-0.2, -0.15) is 0 Å². The summed E-state index contributed by atoms with van der Waals surface area (Å²) in [5.74, 6) is 0.864. The summed E-state index contributed by atoms with van der Waals surface area (Å²) in [6.45, 7) is 0. The van der Waals surface area contributed by atoms with Gasteiger partial charge in [-0.1, -0.05) is 56.0 Å². The van der Waals surface area contributed by atoms with Crippen molar-refractivity contribution >= 4 is 21.5 Å². The fraction of sp³-hybridized carbons (Fsp3) is 0.450. The number of anilines is 2. The molecule has 2 aromatic rings. The summed E-state index contributed by atoms with van der Waals surface area (Å²) in [5, 5.41) is 3.47. The molecule has 1 aromatic carbocycles. The van der Waals surface area contributed by atoms with Gasteiger partial charge in [0.15, 0.2) is 0 Å². The van der Waals surface area contributed by atoms with Crippen molar-refractivity contribution in [3.05, 3.63) is 54.2 Å². The zero-order chi connectivity index (χ0) is 18.2. The molecule has 3 rings (SSSR count). The number of sulfonamides is 1. The molecular weight excluding hydrogens is 346 g/mol. The fourth-order valence-corrected chi connectivity index (χ4v) is 4.39. The maximum Gasteiger partial charge on any atom is 0.233 e. The van der Waals surface area contributed by atoms with Crippen LogP contribution in [0.15, 0.2) is 48.7 Å². The number of hydrogen-bond acceptors (Lipinski definition) is 4. The Morgan fingerprint density at radius 2 is 1.69 bits per heavy atom.